The average molecular weight is 239 g/mol. The molecule has 0 aliphatic rings. The summed E-state index contributed by atoms with van der Waals surface area (Å²) >= 11 is 0. The fourth-order valence-corrected chi connectivity index (χ4v) is 1.02. The van der Waals surface area contributed by atoms with Crippen LogP contribution < -0.4 is 11.1 Å². The lowest BCUT2D eigenvalue weighted by molar-refractivity contribution is -0.122. The maximum absolute atomic E-state index is 11.1. The van der Waals surface area contributed by atoms with E-state index < -0.39 is 6.04 Å². The lowest BCUT2D eigenvalue weighted by atomic mass is 9.89. The van der Waals surface area contributed by atoms with Gasteiger partial charge in [0.05, 0.1) is 6.04 Å². The van der Waals surface area contributed by atoms with Crippen molar-refractivity contribution in [1.82, 2.24) is 5.32 Å². The van der Waals surface area contributed by atoms with Crippen LogP contribution in [-0.2, 0) is 4.79 Å². The van der Waals surface area contributed by atoms with E-state index in [4.69, 9.17) is 10.8 Å². The number of rotatable bonds is 6. The standard InChI is InChI=1S/C10H22N2O2.ClH/c1-8(11)9(14)12-6-4-5-10(2,3)7-13;/h8,13H,4-7,11H2,1-3H3,(H,12,14);1H. The van der Waals surface area contributed by atoms with E-state index >= 15 is 0 Å². The molecule has 15 heavy (non-hydrogen) atoms. The minimum atomic E-state index is -0.444. The number of nitrogens with one attached hydrogen (secondary N) is 1. The third-order valence-corrected chi connectivity index (χ3v) is 2.17. The zero-order chi connectivity index (χ0) is 11.2. The highest BCUT2D eigenvalue weighted by Crippen LogP contribution is 2.20. The van der Waals surface area contributed by atoms with Crippen molar-refractivity contribution in [2.75, 3.05) is 13.2 Å². The second kappa shape index (κ2) is 7.91. The van der Waals surface area contributed by atoms with E-state index in [-0.39, 0.29) is 30.3 Å². The Kier molecular flexibility index (Phi) is 9.01. The number of nitrogens with two attached hydrogens (primary N) is 1. The maximum Gasteiger partial charge on any atom is 0.236 e. The Morgan fingerprint density at radius 2 is 2.07 bits per heavy atom. The Morgan fingerprint density at radius 1 is 1.53 bits per heavy atom. The van der Waals surface area contributed by atoms with Crippen LogP contribution in [0.25, 0.3) is 0 Å². The number of carbonyl (C=O) groups excluding carboxylic acids is 1. The van der Waals surface area contributed by atoms with E-state index in [1.54, 1.807) is 6.92 Å². The van der Waals surface area contributed by atoms with Gasteiger partial charge < -0.3 is 16.2 Å². The van der Waals surface area contributed by atoms with Gasteiger partial charge in [-0.2, -0.15) is 0 Å². The van der Waals surface area contributed by atoms with Gasteiger partial charge in [0, 0.05) is 13.2 Å². The molecule has 0 aromatic heterocycles. The van der Waals surface area contributed by atoms with Gasteiger partial charge in [0.25, 0.3) is 0 Å². The molecule has 5 heteroatoms. The summed E-state index contributed by atoms with van der Waals surface area (Å²) in [6.45, 7) is 6.46. The van der Waals surface area contributed by atoms with Crippen molar-refractivity contribution in [2.24, 2.45) is 11.1 Å². The highest BCUT2D eigenvalue weighted by molar-refractivity contribution is 5.85. The van der Waals surface area contributed by atoms with Gasteiger partial charge in [-0.15, -0.1) is 12.4 Å². The summed E-state index contributed by atoms with van der Waals surface area (Å²) in [7, 11) is 0. The fourth-order valence-electron chi connectivity index (χ4n) is 1.02. The molecule has 4 nitrogen and oxygen atoms in total. The van der Waals surface area contributed by atoms with Crippen molar-refractivity contribution in [1.29, 1.82) is 0 Å². The molecule has 0 aromatic carbocycles. The van der Waals surface area contributed by atoms with E-state index in [2.05, 4.69) is 5.32 Å². The van der Waals surface area contributed by atoms with Gasteiger partial charge in [0.2, 0.25) is 5.91 Å². The van der Waals surface area contributed by atoms with Crippen LogP contribution in [0.3, 0.4) is 0 Å². The van der Waals surface area contributed by atoms with E-state index in [9.17, 15) is 4.79 Å². The Bertz CT molecular complexity index is 184. The summed E-state index contributed by atoms with van der Waals surface area (Å²) < 4.78 is 0. The van der Waals surface area contributed by atoms with Gasteiger partial charge in [-0.25, -0.2) is 0 Å². The molecule has 0 aliphatic carbocycles. The molecule has 0 fully saturated rings. The van der Waals surface area contributed by atoms with Crippen LogP contribution >= 0.6 is 12.4 Å². The minimum Gasteiger partial charge on any atom is -0.396 e. The normalized spacial score (nSPS) is 12.9. The first kappa shape index (κ1) is 17.1. The summed E-state index contributed by atoms with van der Waals surface area (Å²) in [4.78, 5) is 11.1. The number of halogens is 1. The quantitative estimate of drug-likeness (QED) is 0.596. The van der Waals surface area contributed by atoms with Gasteiger partial charge in [0.15, 0.2) is 0 Å². The lowest BCUT2D eigenvalue weighted by Gasteiger charge is -2.21. The van der Waals surface area contributed by atoms with E-state index in [0.717, 1.165) is 12.8 Å². The molecule has 92 valence electrons. The van der Waals surface area contributed by atoms with Crippen LogP contribution in [0, 0.1) is 5.41 Å². The molecule has 4 N–H and O–H groups in total. The average Bonchev–Trinajstić information content (AvgIpc) is 2.12. The number of carbonyl (C=O) groups is 1. The highest BCUT2D eigenvalue weighted by Gasteiger charge is 2.15. The lowest BCUT2D eigenvalue weighted by Crippen LogP contribution is -2.38. The number of aliphatic hydroxyl groups excluding tert-OH is 1. The third-order valence-electron chi connectivity index (χ3n) is 2.17. The monoisotopic (exact) mass is 238 g/mol. The Morgan fingerprint density at radius 3 is 2.47 bits per heavy atom. The fraction of sp³-hybridized carbons (Fsp3) is 0.900. The van der Waals surface area contributed by atoms with E-state index in [1.165, 1.54) is 0 Å². The predicted molar refractivity (Wildman–Crippen MR) is 64.0 cm³/mol. The predicted octanol–water partition coefficient (Wildman–Crippen LogP) is 0.670. The summed E-state index contributed by atoms with van der Waals surface area (Å²) in [6.07, 6.45) is 1.76. The molecule has 1 amide bonds. The Balaban J connectivity index is 0. The Labute approximate surface area is 98.0 Å². The number of amides is 1. The van der Waals surface area contributed by atoms with Crippen molar-refractivity contribution >= 4 is 18.3 Å². The Hall–Kier alpha value is -0.320. The van der Waals surface area contributed by atoms with Gasteiger partial charge in [0.1, 0.15) is 0 Å². The molecule has 0 aliphatic heterocycles. The zero-order valence-corrected chi connectivity index (χ0v) is 10.6. The topological polar surface area (TPSA) is 75.4 Å². The van der Waals surface area contributed by atoms with Crippen LogP contribution in [-0.4, -0.2) is 30.2 Å². The molecule has 0 saturated heterocycles. The van der Waals surface area contributed by atoms with Gasteiger partial charge >= 0.3 is 0 Å². The molecule has 1 unspecified atom stereocenters. The summed E-state index contributed by atoms with van der Waals surface area (Å²) in [5, 5.41) is 11.7. The first-order valence-corrected chi connectivity index (χ1v) is 5.03. The first-order chi connectivity index (χ1) is 6.39. The SMILES string of the molecule is CC(N)C(=O)NCCCC(C)(C)CO.Cl. The molecule has 0 bridgehead atoms. The summed E-state index contributed by atoms with van der Waals surface area (Å²) in [5.41, 5.74) is 5.32. The van der Waals surface area contributed by atoms with Gasteiger partial charge in [-0.3, -0.25) is 4.79 Å². The van der Waals surface area contributed by atoms with E-state index in [0.29, 0.717) is 6.54 Å². The summed E-state index contributed by atoms with van der Waals surface area (Å²) in [5.74, 6) is -0.119. The first-order valence-electron chi connectivity index (χ1n) is 5.03. The molecule has 1 atom stereocenters. The largest absolute Gasteiger partial charge is 0.396 e. The van der Waals surface area contributed by atoms with Gasteiger partial charge in [-0.05, 0) is 25.2 Å². The molecule has 0 heterocycles. The number of aliphatic hydroxyl groups is 1. The molecular weight excluding hydrogens is 216 g/mol. The highest BCUT2D eigenvalue weighted by atomic mass is 35.5. The third kappa shape index (κ3) is 8.66. The van der Waals surface area contributed by atoms with Crippen LogP contribution in [0.4, 0.5) is 0 Å². The minimum absolute atomic E-state index is 0. The number of hydrogen-bond donors (Lipinski definition) is 3. The van der Waals surface area contributed by atoms with E-state index in [1.807, 2.05) is 13.8 Å². The molecule has 0 radical (unpaired) electrons. The second-order valence-electron chi connectivity index (χ2n) is 4.51. The summed E-state index contributed by atoms with van der Waals surface area (Å²) in [6, 6.07) is -0.444. The second-order valence-corrected chi connectivity index (χ2v) is 4.51. The van der Waals surface area contributed by atoms with Crippen LogP contribution in [0.15, 0.2) is 0 Å². The molecular formula is C10H23ClN2O2. The van der Waals surface area contributed by atoms with Gasteiger partial charge in [-0.1, -0.05) is 13.8 Å². The van der Waals surface area contributed by atoms with Crippen LogP contribution in [0.1, 0.15) is 33.6 Å². The van der Waals surface area contributed by atoms with Crippen molar-refractivity contribution in [3.8, 4) is 0 Å². The maximum atomic E-state index is 11.1. The van der Waals surface area contributed by atoms with Crippen LogP contribution in [0.2, 0.25) is 0 Å². The molecule has 0 saturated carbocycles. The molecule has 0 spiro atoms. The van der Waals surface area contributed by atoms with Crippen LogP contribution in [0.5, 0.6) is 0 Å². The van der Waals surface area contributed by atoms with Crippen molar-refractivity contribution in [2.45, 2.75) is 39.7 Å². The number of hydrogen-bond acceptors (Lipinski definition) is 3. The smallest absolute Gasteiger partial charge is 0.236 e. The van der Waals surface area contributed by atoms with Crippen molar-refractivity contribution in [3.05, 3.63) is 0 Å². The van der Waals surface area contributed by atoms with Crippen molar-refractivity contribution < 1.29 is 9.90 Å². The van der Waals surface area contributed by atoms with Crippen molar-refractivity contribution in [3.63, 3.8) is 0 Å². The zero-order valence-electron chi connectivity index (χ0n) is 9.75. The molecule has 0 aromatic rings. The molecule has 0 rings (SSSR count).